The van der Waals surface area contributed by atoms with E-state index in [1.807, 2.05) is 0 Å². The molecule has 1 saturated carbocycles. The fourth-order valence-electron chi connectivity index (χ4n) is 3.14. The molecule has 0 atom stereocenters. The second-order valence-corrected chi connectivity index (χ2v) is 6.07. The summed E-state index contributed by atoms with van der Waals surface area (Å²) in [5.74, 6) is 0.926. The molecule has 1 amide bonds. The minimum absolute atomic E-state index is 0. The van der Waals surface area contributed by atoms with Crippen LogP contribution in [0.1, 0.15) is 58.3 Å². The molecule has 18 heavy (non-hydrogen) atoms. The van der Waals surface area contributed by atoms with E-state index in [9.17, 15) is 4.79 Å². The van der Waals surface area contributed by atoms with E-state index in [1.165, 1.54) is 32.1 Å². The van der Waals surface area contributed by atoms with Crippen LogP contribution in [0.4, 0.5) is 0 Å². The minimum Gasteiger partial charge on any atom is -0.351 e. The number of rotatable bonds is 3. The van der Waals surface area contributed by atoms with Crippen LogP contribution in [0.25, 0.3) is 0 Å². The van der Waals surface area contributed by atoms with Gasteiger partial charge in [-0.25, -0.2) is 0 Å². The zero-order valence-electron chi connectivity index (χ0n) is 11.5. The molecule has 1 aliphatic heterocycles. The molecule has 0 spiro atoms. The Balaban J connectivity index is 0.00000162. The number of piperidine rings is 1. The van der Waals surface area contributed by atoms with E-state index in [4.69, 9.17) is 0 Å². The van der Waals surface area contributed by atoms with E-state index in [2.05, 4.69) is 17.6 Å². The highest BCUT2D eigenvalue weighted by Crippen LogP contribution is 2.26. The quantitative estimate of drug-likeness (QED) is 0.831. The highest BCUT2D eigenvalue weighted by atomic mass is 35.5. The molecule has 0 aromatic carbocycles. The zero-order chi connectivity index (χ0) is 12.1. The van der Waals surface area contributed by atoms with Gasteiger partial charge in [0.15, 0.2) is 0 Å². The summed E-state index contributed by atoms with van der Waals surface area (Å²) in [6, 6.07) is 0. The molecule has 3 nitrogen and oxygen atoms in total. The predicted molar refractivity (Wildman–Crippen MR) is 77.1 cm³/mol. The van der Waals surface area contributed by atoms with Gasteiger partial charge in [0.25, 0.3) is 0 Å². The van der Waals surface area contributed by atoms with Gasteiger partial charge in [0.1, 0.15) is 0 Å². The first kappa shape index (κ1) is 15.8. The first-order valence-corrected chi connectivity index (χ1v) is 7.20. The van der Waals surface area contributed by atoms with Gasteiger partial charge in [-0.3, -0.25) is 4.79 Å². The van der Waals surface area contributed by atoms with Gasteiger partial charge < -0.3 is 10.6 Å². The van der Waals surface area contributed by atoms with E-state index in [0.717, 1.165) is 32.4 Å². The Hall–Kier alpha value is -0.280. The van der Waals surface area contributed by atoms with Gasteiger partial charge in [0.05, 0.1) is 0 Å². The Morgan fingerprint density at radius 3 is 2.44 bits per heavy atom. The summed E-state index contributed by atoms with van der Waals surface area (Å²) < 4.78 is 0. The molecule has 0 aromatic rings. The monoisotopic (exact) mass is 274 g/mol. The van der Waals surface area contributed by atoms with Crippen molar-refractivity contribution in [3.8, 4) is 0 Å². The van der Waals surface area contributed by atoms with Gasteiger partial charge in [-0.2, -0.15) is 0 Å². The smallest absolute Gasteiger partial charge is 0.220 e. The standard InChI is InChI=1S/C14H26N2O.ClH/c1-14(7-9-15-10-8-14)16-13(17)11-12-5-3-2-4-6-12;/h12,15H,2-11H2,1H3,(H,16,17);1H. The molecule has 2 rings (SSSR count). The predicted octanol–water partition coefficient (Wildman–Crippen LogP) is 2.64. The van der Waals surface area contributed by atoms with E-state index in [0.29, 0.717) is 5.92 Å². The Bertz CT molecular complexity index is 259. The molecular weight excluding hydrogens is 248 g/mol. The molecule has 2 aliphatic rings. The SMILES string of the molecule is CC1(NC(=O)CC2CCCCC2)CCNCC1.Cl. The van der Waals surface area contributed by atoms with Crippen LogP contribution in [0.15, 0.2) is 0 Å². The molecular formula is C14H27ClN2O. The van der Waals surface area contributed by atoms with E-state index in [1.54, 1.807) is 0 Å². The Labute approximate surface area is 117 Å². The molecule has 0 aromatic heterocycles. The van der Waals surface area contributed by atoms with Crippen molar-refractivity contribution in [3.63, 3.8) is 0 Å². The molecule has 2 N–H and O–H groups in total. The number of carbonyl (C=O) groups excluding carboxylic acids is 1. The largest absolute Gasteiger partial charge is 0.351 e. The number of hydrogen-bond acceptors (Lipinski definition) is 2. The number of hydrogen-bond donors (Lipinski definition) is 2. The van der Waals surface area contributed by atoms with Crippen molar-refractivity contribution in [1.82, 2.24) is 10.6 Å². The first-order valence-electron chi connectivity index (χ1n) is 7.20. The average Bonchev–Trinajstić information content (AvgIpc) is 2.30. The number of nitrogens with one attached hydrogen (secondary N) is 2. The van der Waals surface area contributed by atoms with Crippen LogP contribution in [-0.2, 0) is 4.79 Å². The van der Waals surface area contributed by atoms with Gasteiger partial charge in [-0.1, -0.05) is 19.3 Å². The third kappa shape index (κ3) is 4.77. The normalized spacial score (nSPS) is 24.1. The summed E-state index contributed by atoms with van der Waals surface area (Å²) >= 11 is 0. The lowest BCUT2D eigenvalue weighted by Crippen LogP contribution is -2.52. The van der Waals surface area contributed by atoms with Crippen molar-refractivity contribution in [2.45, 2.75) is 63.8 Å². The lowest BCUT2D eigenvalue weighted by atomic mass is 9.85. The molecule has 1 saturated heterocycles. The molecule has 1 heterocycles. The summed E-state index contributed by atoms with van der Waals surface area (Å²) in [6.07, 6.45) is 9.38. The molecule has 0 radical (unpaired) electrons. The maximum Gasteiger partial charge on any atom is 0.220 e. The highest BCUT2D eigenvalue weighted by Gasteiger charge is 2.29. The number of carbonyl (C=O) groups is 1. The lowest BCUT2D eigenvalue weighted by Gasteiger charge is -2.35. The summed E-state index contributed by atoms with van der Waals surface area (Å²) in [6.45, 7) is 4.24. The lowest BCUT2D eigenvalue weighted by molar-refractivity contribution is -0.124. The third-order valence-corrected chi connectivity index (χ3v) is 4.35. The molecule has 2 fully saturated rings. The maximum atomic E-state index is 12.1. The van der Waals surface area contributed by atoms with Gasteiger partial charge in [-0.15, -0.1) is 12.4 Å². The van der Waals surface area contributed by atoms with E-state index >= 15 is 0 Å². The fraction of sp³-hybridized carbons (Fsp3) is 0.929. The summed E-state index contributed by atoms with van der Waals surface area (Å²) in [4.78, 5) is 12.1. The van der Waals surface area contributed by atoms with Crippen LogP contribution in [0, 0.1) is 5.92 Å². The van der Waals surface area contributed by atoms with Crippen molar-refractivity contribution in [2.75, 3.05) is 13.1 Å². The van der Waals surface area contributed by atoms with Crippen LogP contribution in [-0.4, -0.2) is 24.5 Å². The van der Waals surface area contributed by atoms with Crippen molar-refractivity contribution >= 4 is 18.3 Å². The summed E-state index contributed by atoms with van der Waals surface area (Å²) in [7, 11) is 0. The number of halogens is 1. The highest BCUT2D eigenvalue weighted by molar-refractivity contribution is 5.85. The van der Waals surface area contributed by atoms with Crippen LogP contribution in [0.3, 0.4) is 0 Å². The molecule has 106 valence electrons. The minimum atomic E-state index is 0. The molecule has 0 unspecified atom stereocenters. The maximum absolute atomic E-state index is 12.1. The molecule has 4 heteroatoms. The third-order valence-electron chi connectivity index (χ3n) is 4.35. The van der Waals surface area contributed by atoms with Crippen molar-refractivity contribution in [2.24, 2.45) is 5.92 Å². The molecule has 0 bridgehead atoms. The van der Waals surface area contributed by atoms with Gasteiger partial charge >= 0.3 is 0 Å². The van der Waals surface area contributed by atoms with Crippen LogP contribution in [0.5, 0.6) is 0 Å². The zero-order valence-corrected chi connectivity index (χ0v) is 12.3. The Morgan fingerprint density at radius 2 is 1.83 bits per heavy atom. The van der Waals surface area contributed by atoms with Gasteiger partial charge in [0, 0.05) is 12.0 Å². The van der Waals surface area contributed by atoms with Crippen molar-refractivity contribution < 1.29 is 4.79 Å². The molecule has 1 aliphatic carbocycles. The van der Waals surface area contributed by atoms with Crippen LogP contribution < -0.4 is 10.6 Å². The van der Waals surface area contributed by atoms with Crippen molar-refractivity contribution in [1.29, 1.82) is 0 Å². The van der Waals surface area contributed by atoms with Crippen LogP contribution >= 0.6 is 12.4 Å². The second-order valence-electron chi connectivity index (χ2n) is 6.07. The van der Waals surface area contributed by atoms with Gasteiger partial charge in [-0.05, 0) is 51.6 Å². The second kappa shape index (κ2) is 7.34. The van der Waals surface area contributed by atoms with E-state index < -0.39 is 0 Å². The van der Waals surface area contributed by atoms with Gasteiger partial charge in [0.2, 0.25) is 5.91 Å². The number of amides is 1. The summed E-state index contributed by atoms with van der Waals surface area (Å²) in [5, 5.41) is 6.61. The topological polar surface area (TPSA) is 41.1 Å². The van der Waals surface area contributed by atoms with Crippen LogP contribution in [0.2, 0.25) is 0 Å². The fourth-order valence-corrected chi connectivity index (χ4v) is 3.14. The average molecular weight is 275 g/mol. The Morgan fingerprint density at radius 1 is 1.22 bits per heavy atom. The van der Waals surface area contributed by atoms with E-state index in [-0.39, 0.29) is 23.9 Å². The Kier molecular flexibility index (Phi) is 6.44. The first-order chi connectivity index (χ1) is 8.18. The summed E-state index contributed by atoms with van der Waals surface area (Å²) in [5.41, 5.74) is 0.0387. The van der Waals surface area contributed by atoms with Crippen molar-refractivity contribution in [3.05, 3.63) is 0 Å².